The van der Waals surface area contributed by atoms with E-state index in [2.05, 4.69) is 9.47 Å². The first kappa shape index (κ1) is 21.4. The van der Waals surface area contributed by atoms with Gasteiger partial charge in [0.05, 0.1) is 39.6 Å². The quantitative estimate of drug-likeness (QED) is 0.317. The summed E-state index contributed by atoms with van der Waals surface area (Å²) in [5.41, 5.74) is 0. The highest BCUT2D eigenvalue weighted by Gasteiger charge is 2.45. The molecule has 0 radical (unpaired) electrons. The van der Waals surface area contributed by atoms with Crippen molar-refractivity contribution in [2.24, 2.45) is 0 Å². The highest BCUT2D eigenvalue weighted by molar-refractivity contribution is 4.72. The fourth-order valence-corrected chi connectivity index (χ4v) is 1.78. The second-order valence-corrected chi connectivity index (χ2v) is 5.03. The van der Waals surface area contributed by atoms with E-state index in [1.165, 1.54) is 0 Å². The molecule has 1 heterocycles. The number of alkyl halides is 6. The third-order valence-corrected chi connectivity index (χ3v) is 3.15. The van der Waals surface area contributed by atoms with E-state index in [9.17, 15) is 26.3 Å². The third kappa shape index (κ3) is 7.09. The van der Waals surface area contributed by atoms with E-state index in [0.717, 1.165) is 4.90 Å². The molecule has 144 valence electrons. The smallest absolute Gasteiger partial charge is 0.379 e. The van der Waals surface area contributed by atoms with Crippen LogP contribution in [0.1, 0.15) is 6.92 Å². The van der Waals surface area contributed by atoms with Gasteiger partial charge in [-0.3, -0.25) is 4.90 Å². The van der Waals surface area contributed by atoms with Crippen LogP contribution in [0.15, 0.2) is 0 Å². The summed E-state index contributed by atoms with van der Waals surface area (Å²) < 4.78 is 96.4. The molecule has 24 heavy (non-hydrogen) atoms. The third-order valence-electron chi connectivity index (χ3n) is 3.15. The Balaban J connectivity index is 2.15. The first-order valence-corrected chi connectivity index (χ1v) is 7.38. The summed E-state index contributed by atoms with van der Waals surface area (Å²) in [6.07, 6.45) is -13.1. The minimum absolute atomic E-state index is 0.0230. The van der Waals surface area contributed by atoms with Gasteiger partial charge in [0.2, 0.25) is 6.30 Å². The average Bonchev–Trinajstić information content (AvgIpc) is 2.53. The lowest BCUT2D eigenvalue weighted by Crippen LogP contribution is -2.51. The highest BCUT2D eigenvalue weighted by atomic mass is 19.3. The number of hydrogen-bond acceptors (Lipinski definition) is 5. The van der Waals surface area contributed by atoms with Gasteiger partial charge in [0.1, 0.15) is 0 Å². The molecule has 0 spiro atoms. The summed E-state index contributed by atoms with van der Waals surface area (Å²) in [5.74, 6) is 0. The molecule has 1 fully saturated rings. The zero-order valence-corrected chi connectivity index (χ0v) is 13.2. The summed E-state index contributed by atoms with van der Waals surface area (Å²) in [5, 5.41) is 0. The van der Waals surface area contributed by atoms with E-state index in [1.807, 2.05) is 0 Å². The van der Waals surface area contributed by atoms with Crippen molar-refractivity contribution in [2.75, 3.05) is 52.7 Å². The number of morpholine rings is 1. The van der Waals surface area contributed by atoms with Gasteiger partial charge in [-0.1, -0.05) is 0 Å². The van der Waals surface area contributed by atoms with Gasteiger partial charge < -0.3 is 18.9 Å². The van der Waals surface area contributed by atoms with Crippen LogP contribution in [0.5, 0.6) is 0 Å². The highest BCUT2D eigenvalue weighted by Crippen LogP contribution is 2.26. The fraction of sp³-hybridized carbons (Fsp3) is 1.00. The van der Waals surface area contributed by atoms with Gasteiger partial charge in [-0.15, -0.1) is 0 Å². The maximum atomic E-state index is 13.7. The molecular formula is C13H21F6NO4. The molecule has 0 bridgehead atoms. The van der Waals surface area contributed by atoms with E-state index < -0.39 is 37.9 Å². The van der Waals surface area contributed by atoms with Crippen LogP contribution in [0, 0.1) is 0 Å². The Bertz CT molecular complexity index is 355. The Morgan fingerprint density at radius 3 is 1.92 bits per heavy atom. The van der Waals surface area contributed by atoms with Crippen LogP contribution in [0.3, 0.4) is 0 Å². The molecule has 1 aliphatic heterocycles. The van der Waals surface area contributed by atoms with E-state index in [-0.39, 0.29) is 39.5 Å². The molecule has 0 N–H and O–H groups in total. The summed E-state index contributed by atoms with van der Waals surface area (Å²) >= 11 is 0. The molecular weight excluding hydrogens is 348 g/mol. The van der Waals surface area contributed by atoms with E-state index >= 15 is 0 Å². The van der Waals surface area contributed by atoms with Crippen LogP contribution in [-0.4, -0.2) is 82.3 Å². The number of hydrogen-bond donors (Lipinski definition) is 0. The molecule has 11 heteroatoms. The monoisotopic (exact) mass is 369 g/mol. The van der Waals surface area contributed by atoms with Crippen LogP contribution in [0.25, 0.3) is 0 Å². The lowest BCUT2D eigenvalue weighted by molar-refractivity contribution is -0.308. The van der Waals surface area contributed by atoms with Gasteiger partial charge in [-0.2, -0.15) is 17.6 Å². The molecule has 0 amide bonds. The Hall–Kier alpha value is -0.620. The van der Waals surface area contributed by atoms with Crippen molar-refractivity contribution in [1.29, 1.82) is 0 Å². The van der Waals surface area contributed by atoms with Crippen molar-refractivity contribution in [1.82, 2.24) is 4.90 Å². The standard InChI is InChI=1S/C13H21F6NO4/c1-10(14)12(16,17)23-8-6-22-7-9-24-13(18,19)11(15)20-2-4-21-5-3-20/h10-11H,2-9H2,1H3. The molecule has 0 aromatic heterocycles. The number of rotatable bonds is 11. The van der Waals surface area contributed by atoms with Crippen LogP contribution in [0.2, 0.25) is 0 Å². The van der Waals surface area contributed by atoms with Crippen molar-refractivity contribution in [3.8, 4) is 0 Å². The lowest BCUT2D eigenvalue weighted by Gasteiger charge is -2.33. The topological polar surface area (TPSA) is 40.2 Å². The lowest BCUT2D eigenvalue weighted by atomic mass is 10.4. The van der Waals surface area contributed by atoms with Crippen molar-refractivity contribution < 1.29 is 45.3 Å². The van der Waals surface area contributed by atoms with Crippen molar-refractivity contribution in [3.63, 3.8) is 0 Å². The van der Waals surface area contributed by atoms with Crippen molar-refractivity contribution in [3.05, 3.63) is 0 Å². The van der Waals surface area contributed by atoms with Crippen molar-refractivity contribution >= 4 is 0 Å². The fourth-order valence-electron chi connectivity index (χ4n) is 1.78. The molecule has 1 saturated heterocycles. The zero-order chi connectivity index (χ0) is 18.2. The van der Waals surface area contributed by atoms with Crippen molar-refractivity contribution in [2.45, 2.75) is 31.6 Å². The summed E-state index contributed by atoms with van der Waals surface area (Å²) in [7, 11) is 0. The molecule has 2 unspecified atom stereocenters. The molecule has 0 aliphatic carbocycles. The van der Waals surface area contributed by atoms with Crippen LogP contribution >= 0.6 is 0 Å². The number of nitrogens with zero attached hydrogens (tertiary/aromatic N) is 1. The van der Waals surface area contributed by atoms with Gasteiger partial charge in [-0.05, 0) is 6.92 Å². The number of ether oxygens (including phenoxy) is 4. The molecule has 1 rings (SSSR count). The molecule has 0 aromatic carbocycles. The Morgan fingerprint density at radius 1 is 0.917 bits per heavy atom. The molecule has 1 aliphatic rings. The second kappa shape index (κ2) is 9.76. The van der Waals surface area contributed by atoms with Gasteiger partial charge in [0.15, 0.2) is 6.17 Å². The first-order chi connectivity index (χ1) is 11.2. The zero-order valence-electron chi connectivity index (χ0n) is 13.2. The van der Waals surface area contributed by atoms with Gasteiger partial charge in [0, 0.05) is 13.1 Å². The van der Waals surface area contributed by atoms with Crippen LogP contribution in [-0.2, 0) is 18.9 Å². The number of halogens is 6. The van der Waals surface area contributed by atoms with E-state index in [0.29, 0.717) is 6.92 Å². The predicted octanol–water partition coefficient (Wildman–Crippen LogP) is 2.21. The summed E-state index contributed by atoms with van der Waals surface area (Å²) in [4.78, 5) is 0.901. The second-order valence-electron chi connectivity index (χ2n) is 5.03. The van der Waals surface area contributed by atoms with Crippen LogP contribution < -0.4 is 0 Å². The molecule has 2 atom stereocenters. The molecule has 5 nitrogen and oxygen atoms in total. The SMILES string of the molecule is CC(F)C(F)(F)OCCOCCOC(F)(F)C(F)N1CCOCC1. The van der Waals surface area contributed by atoms with Gasteiger partial charge >= 0.3 is 12.2 Å². The normalized spacial score (nSPS) is 20.1. The Kier molecular flexibility index (Phi) is 8.71. The largest absolute Gasteiger partial charge is 0.400 e. The summed E-state index contributed by atoms with van der Waals surface area (Å²) in [6.45, 7) is -1.04. The maximum Gasteiger partial charge on any atom is 0.400 e. The molecule has 0 aromatic rings. The predicted molar refractivity (Wildman–Crippen MR) is 70.5 cm³/mol. The first-order valence-electron chi connectivity index (χ1n) is 7.38. The van der Waals surface area contributed by atoms with Gasteiger partial charge in [0.25, 0.3) is 0 Å². The molecule has 0 saturated carbocycles. The summed E-state index contributed by atoms with van der Waals surface area (Å²) in [6, 6.07) is 0. The maximum absolute atomic E-state index is 13.7. The van der Waals surface area contributed by atoms with E-state index in [4.69, 9.17) is 9.47 Å². The minimum atomic E-state index is -4.03. The van der Waals surface area contributed by atoms with Gasteiger partial charge in [-0.25, -0.2) is 8.78 Å². The van der Waals surface area contributed by atoms with E-state index in [1.54, 1.807) is 0 Å². The Morgan fingerprint density at radius 2 is 1.42 bits per heavy atom. The van der Waals surface area contributed by atoms with Crippen LogP contribution in [0.4, 0.5) is 26.3 Å². The average molecular weight is 369 g/mol. The minimum Gasteiger partial charge on any atom is -0.379 e. The Labute approximate surface area is 135 Å².